The summed E-state index contributed by atoms with van der Waals surface area (Å²) in [6, 6.07) is 0. The van der Waals surface area contributed by atoms with Crippen LogP contribution in [0.3, 0.4) is 0 Å². The minimum Gasteiger partial charge on any atom is -0.393 e. The third-order valence-corrected chi connectivity index (χ3v) is 3.63. The van der Waals surface area contributed by atoms with Crippen molar-refractivity contribution in [3.8, 4) is 0 Å². The monoisotopic (exact) mass is 296 g/mol. The quantitative estimate of drug-likeness (QED) is 0.605. The van der Waals surface area contributed by atoms with Crippen molar-refractivity contribution in [3.05, 3.63) is 0 Å². The molecule has 0 spiro atoms. The molecule has 3 nitrogen and oxygen atoms in total. The lowest BCUT2D eigenvalue weighted by atomic mass is 9.78. The maximum Gasteiger partial charge on any atom is 0.392 e. The van der Waals surface area contributed by atoms with E-state index in [9.17, 15) is 18.0 Å². The number of rotatable bonds is 5. The Morgan fingerprint density at radius 2 is 1.95 bits per heavy atom. The van der Waals surface area contributed by atoms with Crippen molar-refractivity contribution in [3.63, 3.8) is 0 Å². The number of halogens is 3. The van der Waals surface area contributed by atoms with E-state index in [0.29, 0.717) is 43.6 Å². The maximum absolute atomic E-state index is 12.8. The predicted molar refractivity (Wildman–Crippen MR) is 70.5 cm³/mol. The van der Waals surface area contributed by atoms with Gasteiger partial charge in [0.25, 0.3) is 0 Å². The number of amides is 1. The summed E-state index contributed by atoms with van der Waals surface area (Å²) in [5, 5.41) is 2.56. The van der Waals surface area contributed by atoms with Crippen LogP contribution in [0, 0.1) is 11.8 Å². The Morgan fingerprint density at radius 3 is 2.53 bits per heavy atom. The topological polar surface area (TPSA) is 55.1 Å². The van der Waals surface area contributed by atoms with Gasteiger partial charge in [-0.2, -0.15) is 13.2 Å². The van der Waals surface area contributed by atoms with Crippen LogP contribution in [0.1, 0.15) is 38.5 Å². The zero-order valence-corrected chi connectivity index (χ0v) is 11.4. The molecule has 1 amide bonds. The molecule has 1 aliphatic rings. The Hall–Kier alpha value is -0.850. The summed E-state index contributed by atoms with van der Waals surface area (Å²) < 4.78 is 38.5. The van der Waals surface area contributed by atoms with Gasteiger partial charge in [0.1, 0.15) is 0 Å². The molecule has 2 atom stereocenters. The Labute approximate surface area is 116 Å². The van der Waals surface area contributed by atoms with Gasteiger partial charge in [-0.25, -0.2) is 0 Å². The molecule has 1 aliphatic carbocycles. The third-order valence-electron chi connectivity index (χ3n) is 3.42. The summed E-state index contributed by atoms with van der Waals surface area (Å²) in [7, 11) is 0. The first-order chi connectivity index (χ1) is 8.82. The summed E-state index contributed by atoms with van der Waals surface area (Å²) in [6.07, 6.45) is -1.67. The first kappa shape index (κ1) is 16.2. The average molecular weight is 296 g/mol. The zero-order valence-electron chi connectivity index (χ0n) is 10.6. The van der Waals surface area contributed by atoms with Crippen LogP contribution in [0.15, 0.2) is 0 Å². The molecule has 0 bridgehead atoms. The lowest BCUT2D eigenvalue weighted by Crippen LogP contribution is -2.42. The van der Waals surface area contributed by atoms with Crippen molar-refractivity contribution in [2.75, 3.05) is 6.54 Å². The summed E-state index contributed by atoms with van der Waals surface area (Å²) in [4.78, 5) is 12.2. The summed E-state index contributed by atoms with van der Waals surface area (Å²) in [5.41, 5.74) is 5.30. The number of alkyl halides is 3. The Bertz CT molecular complexity index is 333. The standard InChI is InChI=1S/C12H19F3N2OS/c13-12(14,15)9-5-2-1-4-8(9)11(18)17-7-3-6-10(16)19/h8-9H,1-7H2,(H2,16,19)(H,17,18). The van der Waals surface area contributed by atoms with Gasteiger partial charge in [0.05, 0.1) is 10.9 Å². The van der Waals surface area contributed by atoms with Gasteiger partial charge in [-0.3, -0.25) is 4.79 Å². The minimum atomic E-state index is -4.29. The van der Waals surface area contributed by atoms with Crippen LogP contribution in [-0.4, -0.2) is 23.6 Å². The van der Waals surface area contributed by atoms with E-state index in [1.807, 2.05) is 0 Å². The lowest BCUT2D eigenvalue weighted by molar-refractivity contribution is -0.198. The van der Waals surface area contributed by atoms with Crippen LogP contribution >= 0.6 is 12.2 Å². The molecule has 1 fully saturated rings. The molecule has 19 heavy (non-hydrogen) atoms. The van der Waals surface area contributed by atoms with Crippen molar-refractivity contribution < 1.29 is 18.0 Å². The molecule has 0 aromatic heterocycles. The average Bonchev–Trinajstić information content (AvgIpc) is 2.33. The molecule has 1 saturated carbocycles. The highest BCUT2D eigenvalue weighted by Crippen LogP contribution is 2.41. The van der Waals surface area contributed by atoms with Crippen LogP contribution < -0.4 is 11.1 Å². The van der Waals surface area contributed by atoms with E-state index in [-0.39, 0.29) is 6.42 Å². The molecule has 0 heterocycles. The third kappa shape index (κ3) is 5.34. The first-order valence-electron chi connectivity index (χ1n) is 6.45. The largest absolute Gasteiger partial charge is 0.393 e. The van der Waals surface area contributed by atoms with Gasteiger partial charge in [-0.05, 0) is 25.7 Å². The second kappa shape index (κ2) is 7.07. The molecule has 7 heteroatoms. The fraction of sp³-hybridized carbons (Fsp3) is 0.833. The number of thiocarbonyl (C=S) groups is 1. The van der Waals surface area contributed by atoms with Crippen LogP contribution in [0.25, 0.3) is 0 Å². The highest BCUT2D eigenvalue weighted by molar-refractivity contribution is 7.80. The highest BCUT2D eigenvalue weighted by atomic mass is 32.1. The van der Waals surface area contributed by atoms with E-state index < -0.39 is 23.9 Å². The van der Waals surface area contributed by atoms with Gasteiger partial charge < -0.3 is 11.1 Å². The van der Waals surface area contributed by atoms with E-state index >= 15 is 0 Å². The minimum absolute atomic E-state index is 0.0501. The highest BCUT2D eigenvalue weighted by Gasteiger charge is 2.47. The molecule has 0 aliphatic heterocycles. The van der Waals surface area contributed by atoms with Crippen LogP contribution in [0.5, 0.6) is 0 Å². The van der Waals surface area contributed by atoms with Gasteiger partial charge in [0, 0.05) is 12.5 Å². The number of carbonyl (C=O) groups excluding carboxylic acids is 1. The number of nitrogens with one attached hydrogen (secondary N) is 1. The number of hydrogen-bond acceptors (Lipinski definition) is 2. The predicted octanol–water partition coefficient (Wildman–Crippen LogP) is 2.54. The SMILES string of the molecule is NC(=S)CCCNC(=O)C1CCCCC1C(F)(F)F. The molecular weight excluding hydrogens is 277 g/mol. The molecule has 110 valence electrons. The molecule has 0 aromatic carbocycles. The van der Waals surface area contributed by atoms with Crippen molar-refractivity contribution >= 4 is 23.1 Å². The molecule has 2 unspecified atom stereocenters. The van der Waals surface area contributed by atoms with Gasteiger partial charge in [0.15, 0.2) is 0 Å². The van der Waals surface area contributed by atoms with Gasteiger partial charge in [-0.15, -0.1) is 0 Å². The van der Waals surface area contributed by atoms with E-state index in [0.717, 1.165) is 0 Å². The van der Waals surface area contributed by atoms with Crippen LogP contribution in [0.2, 0.25) is 0 Å². The second-order valence-electron chi connectivity index (χ2n) is 4.90. The van der Waals surface area contributed by atoms with E-state index in [2.05, 4.69) is 17.5 Å². The molecule has 0 saturated heterocycles. The molecule has 0 aromatic rings. The Morgan fingerprint density at radius 1 is 1.32 bits per heavy atom. The molecule has 0 radical (unpaired) electrons. The number of hydrogen-bond donors (Lipinski definition) is 2. The maximum atomic E-state index is 12.8. The van der Waals surface area contributed by atoms with Gasteiger partial charge in [0.2, 0.25) is 5.91 Å². The van der Waals surface area contributed by atoms with Crippen molar-refractivity contribution in [2.45, 2.75) is 44.7 Å². The van der Waals surface area contributed by atoms with Crippen LogP contribution in [-0.2, 0) is 4.79 Å². The summed E-state index contributed by atoms with van der Waals surface area (Å²) in [6.45, 7) is 0.317. The van der Waals surface area contributed by atoms with Gasteiger partial charge >= 0.3 is 6.18 Å². The van der Waals surface area contributed by atoms with Crippen molar-refractivity contribution in [2.24, 2.45) is 17.6 Å². The van der Waals surface area contributed by atoms with E-state index in [4.69, 9.17) is 5.73 Å². The Kier molecular flexibility index (Phi) is 6.03. The summed E-state index contributed by atoms with van der Waals surface area (Å²) in [5.74, 6) is -2.94. The second-order valence-corrected chi connectivity index (χ2v) is 5.42. The Balaban J connectivity index is 2.46. The number of nitrogens with two attached hydrogens (primary N) is 1. The fourth-order valence-corrected chi connectivity index (χ4v) is 2.59. The fourth-order valence-electron chi connectivity index (χ4n) is 2.44. The summed E-state index contributed by atoms with van der Waals surface area (Å²) >= 11 is 4.68. The normalized spacial score (nSPS) is 23.9. The van der Waals surface area contributed by atoms with Crippen molar-refractivity contribution in [1.82, 2.24) is 5.32 Å². The van der Waals surface area contributed by atoms with Gasteiger partial charge in [-0.1, -0.05) is 25.1 Å². The smallest absolute Gasteiger partial charge is 0.392 e. The molecule has 1 rings (SSSR count). The van der Waals surface area contributed by atoms with E-state index in [1.54, 1.807) is 0 Å². The van der Waals surface area contributed by atoms with Crippen molar-refractivity contribution in [1.29, 1.82) is 0 Å². The molecule has 3 N–H and O–H groups in total. The van der Waals surface area contributed by atoms with E-state index in [1.165, 1.54) is 0 Å². The van der Waals surface area contributed by atoms with Crippen LogP contribution in [0.4, 0.5) is 13.2 Å². The molecular formula is C12H19F3N2OS. The first-order valence-corrected chi connectivity index (χ1v) is 6.86. The lowest BCUT2D eigenvalue weighted by Gasteiger charge is -2.32. The zero-order chi connectivity index (χ0) is 14.5. The number of carbonyl (C=O) groups is 1.